The third-order valence-corrected chi connectivity index (χ3v) is 5.15. The van der Waals surface area contributed by atoms with Crippen molar-refractivity contribution < 1.29 is 4.79 Å². The van der Waals surface area contributed by atoms with Gasteiger partial charge in [0.25, 0.3) is 0 Å². The average molecular weight is 236 g/mol. The first-order valence-corrected chi connectivity index (χ1v) is 10.3. The zero-order valence-corrected chi connectivity index (χ0v) is 11.9. The molecule has 2 fully saturated rings. The van der Waals surface area contributed by atoms with Crippen molar-refractivity contribution in [2.75, 3.05) is 0 Å². The Morgan fingerprint density at radius 2 is 1.94 bits per heavy atom. The van der Waals surface area contributed by atoms with Crippen molar-refractivity contribution in [3.8, 4) is 0 Å². The lowest BCUT2D eigenvalue weighted by Crippen LogP contribution is -2.17. The van der Waals surface area contributed by atoms with Crippen molar-refractivity contribution in [1.29, 1.82) is 0 Å². The van der Waals surface area contributed by atoms with Gasteiger partial charge in [0.15, 0.2) is 0 Å². The van der Waals surface area contributed by atoms with Gasteiger partial charge in [-0.3, -0.25) is 4.79 Å². The summed E-state index contributed by atoms with van der Waals surface area (Å²) in [4.78, 5) is 12.0. The maximum absolute atomic E-state index is 12.0. The molecule has 0 aromatic rings. The van der Waals surface area contributed by atoms with E-state index in [-0.39, 0.29) is 0 Å². The summed E-state index contributed by atoms with van der Waals surface area (Å²) in [5, 5.41) is 0. The minimum Gasteiger partial charge on any atom is -0.299 e. The molecule has 90 valence electrons. The molecule has 0 aliphatic heterocycles. The van der Waals surface area contributed by atoms with E-state index in [1.54, 1.807) is 5.57 Å². The van der Waals surface area contributed by atoms with Crippen LogP contribution in [0.3, 0.4) is 0 Å². The highest BCUT2D eigenvalue weighted by Crippen LogP contribution is 2.42. The van der Waals surface area contributed by atoms with Crippen molar-refractivity contribution in [2.24, 2.45) is 11.8 Å². The Morgan fingerprint density at radius 1 is 1.19 bits per heavy atom. The van der Waals surface area contributed by atoms with E-state index < -0.39 is 8.07 Å². The molecule has 0 heterocycles. The third-order valence-electron chi connectivity index (χ3n) is 3.87. The normalized spacial score (nSPS) is 33.9. The Morgan fingerprint density at radius 3 is 2.62 bits per heavy atom. The largest absolute Gasteiger partial charge is 0.299 e. The highest BCUT2D eigenvalue weighted by Gasteiger charge is 2.36. The summed E-state index contributed by atoms with van der Waals surface area (Å²) >= 11 is 0. The second-order valence-electron chi connectivity index (χ2n) is 6.66. The Kier molecular flexibility index (Phi) is 3.39. The van der Waals surface area contributed by atoms with E-state index in [0.29, 0.717) is 17.6 Å². The molecule has 2 unspecified atom stereocenters. The van der Waals surface area contributed by atoms with Crippen LogP contribution in [0.4, 0.5) is 0 Å². The van der Waals surface area contributed by atoms with E-state index >= 15 is 0 Å². The van der Waals surface area contributed by atoms with Gasteiger partial charge in [-0.25, -0.2) is 0 Å². The van der Waals surface area contributed by atoms with Gasteiger partial charge in [0.2, 0.25) is 0 Å². The topological polar surface area (TPSA) is 17.1 Å². The highest BCUT2D eigenvalue weighted by atomic mass is 28.3. The van der Waals surface area contributed by atoms with Crippen LogP contribution in [0.1, 0.15) is 38.5 Å². The van der Waals surface area contributed by atoms with Crippen LogP contribution in [0.25, 0.3) is 0 Å². The maximum atomic E-state index is 12.0. The Hall–Kier alpha value is -0.373. The van der Waals surface area contributed by atoms with Gasteiger partial charge < -0.3 is 0 Å². The van der Waals surface area contributed by atoms with Gasteiger partial charge in [-0.05, 0) is 31.6 Å². The zero-order chi connectivity index (χ0) is 11.8. The lowest BCUT2D eigenvalue weighted by Gasteiger charge is -2.12. The number of ketones is 1. The smallest absolute Gasteiger partial charge is 0.136 e. The standard InChI is InChI=1S/C14H24OSi/c1-16(2,3)10-11-8-12-6-4-5-7-14(15)13(12)9-11/h10,12-13H,4-9H2,1-3H3/b11-10+. The van der Waals surface area contributed by atoms with Crippen LogP contribution in [0.2, 0.25) is 19.6 Å². The number of fused-ring (bicyclic) bond motifs is 1. The summed E-state index contributed by atoms with van der Waals surface area (Å²) in [6, 6.07) is 0. The van der Waals surface area contributed by atoms with Crippen LogP contribution in [-0.2, 0) is 4.79 Å². The quantitative estimate of drug-likeness (QED) is 0.630. The van der Waals surface area contributed by atoms with Crippen LogP contribution < -0.4 is 0 Å². The van der Waals surface area contributed by atoms with E-state index in [1.165, 1.54) is 19.3 Å². The predicted molar refractivity (Wildman–Crippen MR) is 71.1 cm³/mol. The summed E-state index contributed by atoms with van der Waals surface area (Å²) in [5.74, 6) is 1.64. The minimum absolute atomic E-state index is 0.394. The predicted octanol–water partition coefficient (Wildman–Crippen LogP) is 3.96. The van der Waals surface area contributed by atoms with E-state index in [2.05, 4.69) is 25.3 Å². The summed E-state index contributed by atoms with van der Waals surface area (Å²) in [6.45, 7) is 7.15. The fraction of sp³-hybridized carbons (Fsp3) is 0.786. The second-order valence-corrected chi connectivity index (χ2v) is 11.7. The van der Waals surface area contributed by atoms with Crippen molar-refractivity contribution in [3.63, 3.8) is 0 Å². The van der Waals surface area contributed by atoms with Crippen LogP contribution in [0, 0.1) is 11.8 Å². The molecule has 0 bridgehead atoms. The highest BCUT2D eigenvalue weighted by molar-refractivity contribution is 6.81. The lowest BCUT2D eigenvalue weighted by atomic mass is 9.91. The number of hydrogen-bond acceptors (Lipinski definition) is 1. The van der Waals surface area contributed by atoms with Gasteiger partial charge in [-0.2, -0.15) is 0 Å². The number of carbonyl (C=O) groups is 1. The summed E-state index contributed by atoms with van der Waals surface area (Å²) < 4.78 is 0. The van der Waals surface area contributed by atoms with Crippen molar-refractivity contribution >= 4 is 13.9 Å². The molecular formula is C14H24OSi. The Labute approximate surface area is 100 Å². The Bertz CT molecular complexity index is 311. The first kappa shape index (κ1) is 12.1. The van der Waals surface area contributed by atoms with Gasteiger partial charge in [0.1, 0.15) is 5.78 Å². The van der Waals surface area contributed by atoms with Crippen LogP contribution in [0.5, 0.6) is 0 Å². The molecule has 0 spiro atoms. The molecule has 0 aromatic carbocycles. The van der Waals surface area contributed by atoms with Gasteiger partial charge in [0, 0.05) is 12.3 Å². The number of allylic oxidation sites excluding steroid dienone is 1. The monoisotopic (exact) mass is 236 g/mol. The fourth-order valence-corrected chi connectivity index (χ4v) is 4.77. The number of rotatable bonds is 1. The number of hydrogen-bond donors (Lipinski definition) is 0. The molecule has 2 aliphatic carbocycles. The lowest BCUT2D eigenvalue weighted by molar-refractivity contribution is -0.123. The molecule has 0 N–H and O–H groups in total. The summed E-state index contributed by atoms with van der Waals surface area (Å²) in [7, 11) is -1.09. The molecule has 2 rings (SSSR count). The fourth-order valence-electron chi connectivity index (χ4n) is 3.31. The summed E-state index contributed by atoms with van der Waals surface area (Å²) in [5.41, 5.74) is 4.14. The molecule has 0 aromatic heterocycles. The van der Waals surface area contributed by atoms with Crippen molar-refractivity contribution in [2.45, 2.75) is 58.2 Å². The molecule has 2 aliphatic rings. The third kappa shape index (κ3) is 2.85. The minimum atomic E-state index is -1.09. The number of carbonyl (C=O) groups excluding carboxylic acids is 1. The molecular weight excluding hydrogens is 212 g/mol. The maximum Gasteiger partial charge on any atom is 0.136 e. The van der Waals surface area contributed by atoms with Gasteiger partial charge in [-0.1, -0.05) is 37.3 Å². The van der Waals surface area contributed by atoms with Crippen LogP contribution in [-0.4, -0.2) is 13.9 Å². The molecule has 2 heteroatoms. The van der Waals surface area contributed by atoms with Gasteiger partial charge in [-0.15, -0.1) is 0 Å². The molecule has 16 heavy (non-hydrogen) atoms. The number of Topliss-reactive ketones (excluding diaryl/α,β-unsaturated/α-hetero) is 1. The van der Waals surface area contributed by atoms with E-state index in [0.717, 1.165) is 19.3 Å². The van der Waals surface area contributed by atoms with Crippen LogP contribution >= 0.6 is 0 Å². The van der Waals surface area contributed by atoms with E-state index in [4.69, 9.17) is 0 Å². The molecule has 2 saturated carbocycles. The average Bonchev–Trinajstić information content (AvgIpc) is 2.45. The van der Waals surface area contributed by atoms with E-state index in [9.17, 15) is 4.79 Å². The van der Waals surface area contributed by atoms with E-state index in [1.807, 2.05) is 0 Å². The SMILES string of the molecule is C[Si](C)(C)/C=C1\CC2CCCCC(=O)C2C1. The van der Waals surface area contributed by atoms with Gasteiger partial charge >= 0.3 is 0 Å². The molecule has 0 radical (unpaired) electrons. The Balaban J connectivity index is 2.11. The van der Waals surface area contributed by atoms with Crippen molar-refractivity contribution in [3.05, 3.63) is 11.3 Å². The second kappa shape index (κ2) is 4.48. The molecule has 1 nitrogen and oxygen atoms in total. The summed E-state index contributed by atoms with van der Waals surface area (Å²) in [6.07, 6.45) is 6.86. The molecule has 0 amide bonds. The van der Waals surface area contributed by atoms with Crippen molar-refractivity contribution in [1.82, 2.24) is 0 Å². The van der Waals surface area contributed by atoms with Crippen LogP contribution in [0.15, 0.2) is 11.3 Å². The van der Waals surface area contributed by atoms with Gasteiger partial charge in [0.05, 0.1) is 8.07 Å². The zero-order valence-electron chi connectivity index (χ0n) is 10.9. The first-order valence-electron chi connectivity index (χ1n) is 6.69. The first-order chi connectivity index (χ1) is 7.46. The molecule has 0 saturated heterocycles. The molecule has 2 atom stereocenters.